The van der Waals surface area contributed by atoms with Crippen LogP contribution in [-0.4, -0.2) is 25.7 Å². The molecule has 21 heavy (non-hydrogen) atoms. The van der Waals surface area contributed by atoms with Gasteiger partial charge in [-0.2, -0.15) is 0 Å². The van der Waals surface area contributed by atoms with Gasteiger partial charge in [-0.1, -0.05) is 12.1 Å². The van der Waals surface area contributed by atoms with Gasteiger partial charge in [0.25, 0.3) is 0 Å². The van der Waals surface area contributed by atoms with E-state index in [1.807, 2.05) is 6.92 Å². The van der Waals surface area contributed by atoms with Crippen LogP contribution in [0, 0.1) is 6.92 Å². The molecule has 0 radical (unpaired) electrons. The summed E-state index contributed by atoms with van der Waals surface area (Å²) in [4.78, 5) is 16.7. The SMILES string of the molecule is CC(=O)c1cccc(S(=O)(=O)NCCc2ncc(C)s2)c1. The molecule has 1 aromatic heterocycles. The lowest BCUT2D eigenvalue weighted by Gasteiger charge is -2.06. The Morgan fingerprint density at radius 2 is 2.14 bits per heavy atom. The molecule has 0 fully saturated rings. The van der Waals surface area contributed by atoms with E-state index >= 15 is 0 Å². The third kappa shape index (κ3) is 4.20. The first-order chi connectivity index (χ1) is 9.88. The third-order valence-corrected chi connectivity index (χ3v) is 5.28. The van der Waals surface area contributed by atoms with E-state index in [0.29, 0.717) is 12.0 Å². The first-order valence-corrected chi connectivity index (χ1v) is 8.70. The molecule has 1 aromatic carbocycles. The van der Waals surface area contributed by atoms with Crippen LogP contribution in [-0.2, 0) is 16.4 Å². The third-order valence-electron chi connectivity index (χ3n) is 2.85. The van der Waals surface area contributed by atoms with Gasteiger partial charge in [0.2, 0.25) is 10.0 Å². The van der Waals surface area contributed by atoms with Crippen molar-refractivity contribution in [2.75, 3.05) is 6.54 Å². The first-order valence-electron chi connectivity index (χ1n) is 6.40. The minimum Gasteiger partial charge on any atom is -0.295 e. The molecule has 1 N–H and O–H groups in total. The Hall–Kier alpha value is -1.57. The number of nitrogens with zero attached hydrogens (tertiary/aromatic N) is 1. The molecule has 0 aliphatic carbocycles. The summed E-state index contributed by atoms with van der Waals surface area (Å²) in [5.41, 5.74) is 0.383. The number of sulfonamides is 1. The summed E-state index contributed by atoms with van der Waals surface area (Å²) in [6, 6.07) is 6.02. The number of thiazole rings is 1. The largest absolute Gasteiger partial charge is 0.295 e. The summed E-state index contributed by atoms with van der Waals surface area (Å²) >= 11 is 1.55. The maximum absolute atomic E-state index is 12.2. The maximum atomic E-state index is 12.2. The Morgan fingerprint density at radius 3 is 2.76 bits per heavy atom. The van der Waals surface area contributed by atoms with Crippen molar-refractivity contribution in [2.45, 2.75) is 25.2 Å². The van der Waals surface area contributed by atoms with Crippen LogP contribution in [0.5, 0.6) is 0 Å². The minimum atomic E-state index is -3.61. The zero-order chi connectivity index (χ0) is 15.5. The van der Waals surface area contributed by atoms with Gasteiger partial charge < -0.3 is 0 Å². The second-order valence-electron chi connectivity index (χ2n) is 4.60. The van der Waals surface area contributed by atoms with Crippen molar-refractivity contribution in [2.24, 2.45) is 0 Å². The molecule has 0 bridgehead atoms. The number of ketones is 1. The Balaban J connectivity index is 2.04. The Morgan fingerprint density at radius 1 is 1.38 bits per heavy atom. The van der Waals surface area contributed by atoms with Gasteiger partial charge >= 0.3 is 0 Å². The second-order valence-corrected chi connectivity index (χ2v) is 7.68. The molecule has 0 aliphatic heterocycles. The normalized spacial score (nSPS) is 11.5. The van der Waals surface area contributed by atoms with Gasteiger partial charge in [-0.15, -0.1) is 11.3 Å². The summed E-state index contributed by atoms with van der Waals surface area (Å²) in [6.45, 7) is 3.64. The van der Waals surface area contributed by atoms with E-state index in [1.165, 1.54) is 19.1 Å². The molecule has 0 saturated carbocycles. The molecular formula is C14H16N2O3S2. The van der Waals surface area contributed by atoms with Crippen molar-refractivity contribution < 1.29 is 13.2 Å². The fourth-order valence-electron chi connectivity index (χ4n) is 1.77. The Bertz CT molecular complexity index is 751. The van der Waals surface area contributed by atoms with Crippen molar-refractivity contribution in [3.63, 3.8) is 0 Å². The van der Waals surface area contributed by atoms with Gasteiger partial charge in [-0.05, 0) is 26.0 Å². The van der Waals surface area contributed by atoms with Crippen molar-refractivity contribution in [3.05, 3.63) is 45.9 Å². The number of rotatable bonds is 6. The standard InChI is InChI=1S/C14H16N2O3S2/c1-10-9-15-14(20-10)6-7-16-21(18,19)13-5-3-4-12(8-13)11(2)17/h3-5,8-9,16H,6-7H2,1-2H3. The number of hydrogen-bond acceptors (Lipinski definition) is 5. The molecule has 0 aliphatic rings. The highest BCUT2D eigenvalue weighted by Gasteiger charge is 2.15. The number of aromatic nitrogens is 1. The van der Waals surface area contributed by atoms with Gasteiger partial charge in [0.05, 0.1) is 9.90 Å². The van der Waals surface area contributed by atoms with Gasteiger partial charge in [0, 0.05) is 29.6 Å². The minimum absolute atomic E-state index is 0.102. The van der Waals surface area contributed by atoms with E-state index in [9.17, 15) is 13.2 Å². The van der Waals surface area contributed by atoms with E-state index < -0.39 is 10.0 Å². The van der Waals surface area contributed by atoms with E-state index in [0.717, 1.165) is 9.88 Å². The van der Waals surface area contributed by atoms with Crippen LogP contribution in [0.4, 0.5) is 0 Å². The predicted octanol–water partition coefficient (Wildman–Crippen LogP) is 2.18. The lowest BCUT2D eigenvalue weighted by molar-refractivity contribution is 0.101. The Kier molecular flexibility index (Phi) is 4.87. The smallest absolute Gasteiger partial charge is 0.240 e. The molecule has 0 atom stereocenters. The highest BCUT2D eigenvalue weighted by atomic mass is 32.2. The highest BCUT2D eigenvalue weighted by molar-refractivity contribution is 7.89. The summed E-state index contributed by atoms with van der Waals surface area (Å²) in [7, 11) is -3.61. The van der Waals surface area contributed by atoms with Crippen molar-refractivity contribution in [1.29, 1.82) is 0 Å². The van der Waals surface area contributed by atoms with E-state index in [-0.39, 0.29) is 17.2 Å². The number of aryl methyl sites for hydroxylation is 1. The summed E-state index contributed by atoms with van der Waals surface area (Å²) in [6.07, 6.45) is 2.31. The average molecular weight is 324 g/mol. The quantitative estimate of drug-likeness (QED) is 0.826. The van der Waals surface area contributed by atoms with Crippen molar-refractivity contribution in [3.8, 4) is 0 Å². The van der Waals surface area contributed by atoms with E-state index in [2.05, 4.69) is 9.71 Å². The molecule has 5 nitrogen and oxygen atoms in total. The fraction of sp³-hybridized carbons (Fsp3) is 0.286. The number of benzene rings is 1. The number of carbonyl (C=O) groups is 1. The fourth-order valence-corrected chi connectivity index (χ4v) is 3.64. The van der Waals surface area contributed by atoms with Crippen LogP contribution in [0.1, 0.15) is 27.2 Å². The van der Waals surface area contributed by atoms with Gasteiger partial charge in [-0.25, -0.2) is 18.1 Å². The summed E-state index contributed by atoms with van der Waals surface area (Å²) < 4.78 is 26.9. The molecule has 0 saturated heterocycles. The first kappa shape index (κ1) is 15.8. The zero-order valence-corrected chi connectivity index (χ0v) is 13.4. The Labute approximate surface area is 128 Å². The number of hydrogen-bond donors (Lipinski definition) is 1. The molecule has 7 heteroatoms. The summed E-state index contributed by atoms with van der Waals surface area (Å²) in [5, 5.41) is 0.896. The van der Waals surface area contributed by atoms with Crippen LogP contribution in [0.2, 0.25) is 0 Å². The monoisotopic (exact) mass is 324 g/mol. The molecule has 112 valence electrons. The van der Waals surface area contributed by atoms with Crippen molar-refractivity contribution >= 4 is 27.1 Å². The van der Waals surface area contributed by atoms with Crippen LogP contribution in [0.3, 0.4) is 0 Å². The molecule has 1 heterocycles. The number of nitrogens with one attached hydrogen (secondary N) is 1. The topological polar surface area (TPSA) is 76.1 Å². The van der Waals surface area contributed by atoms with E-state index in [1.54, 1.807) is 29.7 Å². The lowest BCUT2D eigenvalue weighted by Crippen LogP contribution is -2.26. The van der Waals surface area contributed by atoms with Gasteiger partial charge in [-0.3, -0.25) is 4.79 Å². The van der Waals surface area contributed by atoms with Crippen molar-refractivity contribution in [1.82, 2.24) is 9.71 Å². The molecular weight excluding hydrogens is 308 g/mol. The molecule has 0 unspecified atom stereocenters. The maximum Gasteiger partial charge on any atom is 0.240 e. The number of Topliss-reactive ketones (excluding diaryl/α,β-unsaturated/α-hetero) is 1. The zero-order valence-electron chi connectivity index (χ0n) is 11.8. The van der Waals surface area contributed by atoms with E-state index in [4.69, 9.17) is 0 Å². The van der Waals surface area contributed by atoms with Crippen LogP contribution < -0.4 is 4.72 Å². The van der Waals surface area contributed by atoms with Gasteiger partial charge in [0.1, 0.15) is 0 Å². The number of carbonyl (C=O) groups excluding carboxylic acids is 1. The predicted molar refractivity (Wildman–Crippen MR) is 82.2 cm³/mol. The second kappa shape index (κ2) is 6.46. The van der Waals surface area contributed by atoms with Crippen LogP contribution in [0.15, 0.2) is 35.4 Å². The molecule has 0 amide bonds. The average Bonchev–Trinajstić information content (AvgIpc) is 2.84. The molecule has 0 spiro atoms. The highest BCUT2D eigenvalue weighted by Crippen LogP contribution is 2.13. The summed E-state index contributed by atoms with van der Waals surface area (Å²) in [5.74, 6) is -0.162. The van der Waals surface area contributed by atoms with Crippen LogP contribution >= 0.6 is 11.3 Å². The molecule has 2 rings (SSSR count). The van der Waals surface area contributed by atoms with Gasteiger partial charge in [0.15, 0.2) is 5.78 Å². The lowest BCUT2D eigenvalue weighted by atomic mass is 10.2. The molecule has 2 aromatic rings. The van der Waals surface area contributed by atoms with Crippen LogP contribution in [0.25, 0.3) is 0 Å².